The summed E-state index contributed by atoms with van der Waals surface area (Å²) in [7, 11) is 5.13. The number of carbonyl (C=O) groups excluding carboxylic acids is 1. The first-order chi connectivity index (χ1) is 14.9. The van der Waals surface area contributed by atoms with Gasteiger partial charge in [-0.2, -0.15) is 5.26 Å². The first-order valence-electron chi connectivity index (χ1n) is 10.8. The molecule has 0 spiro atoms. The van der Waals surface area contributed by atoms with Gasteiger partial charge in [0.2, 0.25) is 0 Å². The van der Waals surface area contributed by atoms with Crippen LogP contribution in [0.5, 0.6) is 5.75 Å². The molecular formula is C26H34N2O3. The van der Waals surface area contributed by atoms with Crippen molar-refractivity contribution in [2.75, 3.05) is 34.4 Å². The fraction of sp³-hybridized carbons (Fsp3) is 0.462. The van der Waals surface area contributed by atoms with Gasteiger partial charge in [0.25, 0.3) is 0 Å². The van der Waals surface area contributed by atoms with Crippen LogP contribution in [0.4, 0.5) is 0 Å². The molecule has 0 saturated carbocycles. The lowest BCUT2D eigenvalue weighted by atomic mass is 9.70. The van der Waals surface area contributed by atoms with Gasteiger partial charge in [-0.25, -0.2) is 4.79 Å². The van der Waals surface area contributed by atoms with Gasteiger partial charge in [-0.3, -0.25) is 0 Å². The van der Waals surface area contributed by atoms with Gasteiger partial charge in [0.05, 0.1) is 31.3 Å². The topological polar surface area (TPSA) is 62.6 Å². The van der Waals surface area contributed by atoms with E-state index in [1.807, 2.05) is 42.5 Å². The van der Waals surface area contributed by atoms with Crippen molar-refractivity contribution in [3.8, 4) is 11.8 Å². The molecule has 0 N–H and O–H groups in total. The molecule has 5 nitrogen and oxygen atoms in total. The molecular weight excluding hydrogens is 388 g/mol. The van der Waals surface area contributed by atoms with E-state index < -0.39 is 5.41 Å². The first-order valence-corrected chi connectivity index (χ1v) is 10.8. The average Bonchev–Trinajstić information content (AvgIpc) is 2.80. The maximum Gasteiger partial charge on any atom is 0.338 e. The molecule has 0 aromatic heterocycles. The third-order valence-corrected chi connectivity index (χ3v) is 6.07. The number of benzene rings is 2. The fourth-order valence-corrected chi connectivity index (χ4v) is 4.01. The highest BCUT2D eigenvalue weighted by molar-refractivity contribution is 5.90. The smallest absolute Gasteiger partial charge is 0.338 e. The third-order valence-electron chi connectivity index (χ3n) is 6.07. The average molecular weight is 423 g/mol. The van der Waals surface area contributed by atoms with Crippen LogP contribution < -0.4 is 4.74 Å². The molecule has 1 atom stereocenters. The Bertz CT molecular complexity index is 904. The number of rotatable bonds is 11. The molecule has 5 heteroatoms. The Hall–Kier alpha value is -2.84. The predicted molar refractivity (Wildman–Crippen MR) is 123 cm³/mol. The predicted octanol–water partition coefficient (Wildman–Crippen LogP) is 4.85. The van der Waals surface area contributed by atoms with Crippen LogP contribution in [0.15, 0.2) is 48.5 Å². The van der Waals surface area contributed by atoms with Crippen molar-refractivity contribution in [2.24, 2.45) is 5.92 Å². The van der Waals surface area contributed by atoms with Crippen LogP contribution in [0.25, 0.3) is 0 Å². The Morgan fingerprint density at radius 1 is 1.13 bits per heavy atom. The highest BCUT2D eigenvalue weighted by Crippen LogP contribution is 2.37. The Morgan fingerprint density at radius 2 is 1.87 bits per heavy atom. The summed E-state index contributed by atoms with van der Waals surface area (Å²) in [5.41, 5.74) is 2.08. The SMILES string of the molecule is COC(=O)c1ccccc1CCN(C)CCCC(C#N)(c1cccc(OC)c1)C(C)C. The quantitative estimate of drug-likeness (QED) is 0.484. The van der Waals surface area contributed by atoms with Gasteiger partial charge in [-0.05, 0) is 68.1 Å². The number of methoxy groups -OCH3 is 2. The van der Waals surface area contributed by atoms with Crippen LogP contribution in [-0.4, -0.2) is 45.2 Å². The number of hydrogen-bond donors (Lipinski definition) is 0. The van der Waals surface area contributed by atoms with E-state index in [4.69, 9.17) is 9.47 Å². The van der Waals surface area contributed by atoms with Gasteiger partial charge in [-0.1, -0.05) is 44.2 Å². The lowest BCUT2D eigenvalue weighted by Crippen LogP contribution is -2.32. The summed E-state index contributed by atoms with van der Waals surface area (Å²) in [6, 6.07) is 18.1. The number of hydrogen-bond acceptors (Lipinski definition) is 5. The van der Waals surface area contributed by atoms with E-state index in [2.05, 4.69) is 31.9 Å². The van der Waals surface area contributed by atoms with E-state index >= 15 is 0 Å². The second-order valence-electron chi connectivity index (χ2n) is 8.28. The van der Waals surface area contributed by atoms with Crippen LogP contribution in [-0.2, 0) is 16.6 Å². The minimum absolute atomic E-state index is 0.182. The molecule has 0 saturated heterocycles. The lowest BCUT2D eigenvalue weighted by Gasteiger charge is -2.32. The zero-order chi connectivity index (χ0) is 22.9. The number of likely N-dealkylation sites (N-methyl/N-ethyl adjacent to an activating group) is 1. The van der Waals surface area contributed by atoms with Crippen molar-refractivity contribution in [3.63, 3.8) is 0 Å². The van der Waals surface area contributed by atoms with Crippen molar-refractivity contribution in [3.05, 3.63) is 65.2 Å². The van der Waals surface area contributed by atoms with E-state index in [9.17, 15) is 10.1 Å². The summed E-state index contributed by atoms with van der Waals surface area (Å²) in [6.45, 7) is 5.92. The normalized spacial score (nSPS) is 13.0. The Kier molecular flexibility index (Phi) is 9.08. The van der Waals surface area contributed by atoms with Crippen LogP contribution in [0, 0.1) is 17.2 Å². The Labute approximate surface area is 186 Å². The molecule has 2 aromatic rings. The molecule has 166 valence electrons. The highest BCUT2D eigenvalue weighted by atomic mass is 16.5. The molecule has 0 aliphatic heterocycles. The molecule has 0 aliphatic carbocycles. The van der Waals surface area contributed by atoms with Crippen LogP contribution in [0.1, 0.15) is 48.2 Å². The molecule has 1 unspecified atom stereocenters. The maximum absolute atomic E-state index is 12.0. The van der Waals surface area contributed by atoms with Gasteiger partial charge >= 0.3 is 5.97 Å². The van der Waals surface area contributed by atoms with Crippen LogP contribution >= 0.6 is 0 Å². The van der Waals surface area contributed by atoms with Gasteiger partial charge in [-0.15, -0.1) is 0 Å². The summed E-state index contributed by atoms with van der Waals surface area (Å²) < 4.78 is 10.3. The minimum atomic E-state index is -0.549. The van der Waals surface area contributed by atoms with E-state index in [-0.39, 0.29) is 11.9 Å². The number of nitrogens with zero attached hydrogens (tertiary/aromatic N) is 2. The number of ether oxygens (including phenoxy) is 2. The molecule has 0 aliphatic rings. The summed E-state index contributed by atoms with van der Waals surface area (Å²) in [5, 5.41) is 10.1. The summed E-state index contributed by atoms with van der Waals surface area (Å²) in [4.78, 5) is 14.2. The molecule has 0 radical (unpaired) electrons. The Morgan fingerprint density at radius 3 is 2.52 bits per heavy atom. The molecule has 0 bridgehead atoms. The molecule has 31 heavy (non-hydrogen) atoms. The fourth-order valence-electron chi connectivity index (χ4n) is 4.01. The molecule has 2 rings (SSSR count). The monoisotopic (exact) mass is 422 g/mol. The van der Waals surface area contributed by atoms with Gasteiger partial charge < -0.3 is 14.4 Å². The highest BCUT2D eigenvalue weighted by Gasteiger charge is 2.35. The standard InChI is InChI=1S/C26H34N2O3/c1-20(2)26(19-27,22-11-8-12-23(18-22)30-4)15-9-16-28(3)17-14-21-10-6-7-13-24(21)25(29)31-5/h6-8,10-13,18,20H,9,14-17H2,1-5H3. The lowest BCUT2D eigenvalue weighted by molar-refractivity contribution is 0.0599. The second kappa shape index (κ2) is 11.5. The largest absolute Gasteiger partial charge is 0.497 e. The van der Waals surface area contributed by atoms with Crippen molar-refractivity contribution in [1.29, 1.82) is 5.26 Å². The number of carbonyl (C=O) groups is 1. The minimum Gasteiger partial charge on any atom is -0.497 e. The van der Waals surface area contributed by atoms with Gasteiger partial charge in [0, 0.05) is 6.54 Å². The Balaban J connectivity index is 2.00. The van der Waals surface area contributed by atoms with E-state index in [1.165, 1.54) is 7.11 Å². The number of nitriles is 1. The summed E-state index contributed by atoms with van der Waals surface area (Å²) >= 11 is 0. The maximum atomic E-state index is 12.0. The summed E-state index contributed by atoms with van der Waals surface area (Å²) in [6.07, 6.45) is 2.45. The van der Waals surface area contributed by atoms with Crippen LogP contribution in [0.3, 0.4) is 0 Å². The first kappa shape index (κ1) is 24.4. The van der Waals surface area contributed by atoms with Crippen molar-refractivity contribution in [2.45, 2.75) is 38.5 Å². The number of esters is 1. The second-order valence-corrected chi connectivity index (χ2v) is 8.28. The van der Waals surface area contributed by atoms with Crippen molar-refractivity contribution >= 4 is 5.97 Å². The summed E-state index contributed by atoms with van der Waals surface area (Å²) in [5.74, 6) is 0.660. The van der Waals surface area contributed by atoms with Crippen molar-refractivity contribution < 1.29 is 14.3 Å². The zero-order valence-corrected chi connectivity index (χ0v) is 19.4. The van der Waals surface area contributed by atoms with Gasteiger partial charge in [0.15, 0.2) is 0 Å². The van der Waals surface area contributed by atoms with Crippen LogP contribution in [0.2, 0.25) is 0 Å². The molecule has 0 amide bonds. The zero-order valence-electron chi connectivity index (χ0n) is 19.4. The van der Waals surface area contributed by atoms with E-state index in [0.717, 1.165) is 49.2 Å². The van der Waals surface area contributed by atoms with Crippen molar-refractivity contribution in [1.82, 2.24) is 4.90 Å². The third kappa shape index (κ3) is 6.08. The molecule has 0 heterocycles. The van der Waals surface area contributed by atoms with E-state index in [1.54, 1.807) is 13.2 Å². The van der Waals surface area contributed by atoms with E-state index in [0.29, 0.717) is 5.56 Å². The molecule has 2 aromatic carbocycles. The van der Waals surface area contributed by atoms with Gasteiger partial charge in [0.1, 0.15) is 5.75 Å². The molecule has 0 fully saturated rings.